The Hall–Kier alpha value is -2.72. The molecule has 0 fully saturated rings. The first-order chi connectivity index (χ1) is 15.7. The summed E-state index contributed by atoms with van der Waals surface area (Å²) >= 11 is 3.41. The van der Waals surface area contributed by atoms with E-state index in [1.54, 1.807) is 26.0 Å². The second-order valence-corrected chi connectivity index (χ2v) is 10.5. The van der Waals surface area contributed by atoms with Crippen LogP contribution in [0, 0.1) is 0 Å². The van der Waals surface area contributed by atoms with E-state index < -0.39 is 22.0 Å². The molecule has 1 aliphatic rings. The topological polar surface area (TPSA) is 104 Å². The van der Waals surface area contributed by atoms with Crippen molar-refractivity contribution in [2.45, 2.75) is 44.2 Å². The molecule has 1 heterocycles. The number of rotatable bonds is 9. The van der Waals surface area contributed by atoms with E-state index in [4.69, 9.17) is 0 Å². The van der Waals surface area contributed by atoms with Crippen molar-refractivity contribution < 1.29 is 22.8 Å². The summed E-state index contributed by atoms with van der Waals surface area (Å²) in [6, 6.07) is 12.8. The second kappa shape index (κ2) is 10.5. The van der Waals surface area contributed by atoms with Crippen LogP contribution in [0.1, 0.15) is 42.6 Å². The third-order valence-corrected chi connectivity index (χ3v) is 7.76. The summed E-state index contributed by atoms with van der Waals surface area (Å²) in [6.45, 7) is 4.02. The molecule has 33 heavy (non-hydrogen) atoms. The molecule has 8 nitrogen and oxygen atoms in total. The van der Waals surface area contributed by atoms with Crippen molar-refractivity contribution in [3.8, 4) is 0 Å². The molecule has 0 radical (unpaired) electrons. The lowest BCUT2D eigenvalue weighted by Gasteiger charge is -2.29. The number of halogens is 1. The number of likely N-dealkylation sites (N-methyl/N-ethyl adjacent to an activating group) is 1. The fourth-order valence-electron chi connectivity index (χ4n) is 3.71. The summed E-state index contributed by atoms with van der Waals surface area (Å²) in [5.41, 5.74) is 0.992. The van der Waals surface area contributed by atoms with Gasteiger partial charge in [-0.3, -0.25) is 14.4 Å². The highest BCUT2D eigenvalue weighted by Crippen LogP contribution is 2.30. The summed E-state index contributed by atoms with van der Waals surface area (Å²) in [5.74, 6) is -1.15. The second-order valence-electron chi connectivity index (χ2n) is 7.70. The van der Waals surface area contributed by atoms with Crippen LogP contribution in [-0.4, -0.2) is 54.5 Å². The minimum Gasteiger partial charge on any atom is -0.355 e. The van der Waals surface area contributed by atoms with E-state index in [0.717, 1.165) is 14.3 Å². The number of hydrogen-bond donors (Lipinski definition) is 1. The van der Waals surface area contributed by atoms with Gasteiger partial charge < -0.3 is 10.2 Å². The van der Waals surface area contributed by atoms with Gasteiger partial charge in [0, 0.05) is 30.5 Å². The Balaban J connectivity index is 1.70. The molecule has 1 N–H and O–H groups in total. The predicted molar refractivity (Wildman–Crippen MR) is 127 cm³/mol. The van der Waals surface area contributed by atoms with E-state index in [9.17, 15) is 22.8 Å². The van der Waals surface area contributed by atoms with Crippen molar-refractivity contribution in [1.82, 2.24) is 14.5 Å². The molecule has 0 saturated heterocycles. The van der Waals surface area contributed by atoms with E-state index in [2.05, 4.69) is 21.2 Å². The van der Waals surface area contributed by atoms with Crippen molar-refractivity contribution in [2.75, 3.05) is 13.1 Å². The van der Waals surface area contributed by atoms with Crippen molar-refractivity contribution in [3.05, 3.63) is 64.1 Å². The Kier molecular flexibility index (Phi) is 7.91. The zero-order valence-electron chi connectivity index (χ0n) is 18.5. The summed E-state index contributed by atoms with van der Waals surface area (Å²) in [5, 5.41) is 2.73. The lowest BCUT2D eigenvalue weighted by atomic mass is 10.1. The Morgan fingerprint density at radius 2 is 1.88 bits per heavy atom. The number of benzene rings is 2. The first kappa shape index (κ1) is 24.9. The van der Waals surface area contributed by atoms with Gasteiger partial charge in [0.15, 0.2) is 0 Å². The SMILES string of the molecule is CCNC(=O)C(C)N(Cc1cccc(Br)c1)C(=O)CCCN1C(=O)c2ccccc2S1(=O)=O. The molecule has 0 aliphatic carbocycles. The van der Waals surface area contributed by atoms with Crippen LogP contribution in [0.25, 0.3) is 0 Å². The number of amides is 3. The molecule has 1 unspecified atom stereocenters. The van der Waals surface area contributed by atoms with E-state index in [0.29, 0.717) is 6.54 Å². The molecular weight excluding hydrogens is 510 g/mol. The highest BCUT2D eigenvalue weighted by atomic mass is 79.9. The predicted octanol–water partition coefficient (Wildman–Crippen LogP) is 2.93. The largest absolute Gasteiger partial charge is 0.355 e. The summed E-state index contributed by atoms with van der Waals surface area (Å²) in [4.78, 5) is 39.6. The van der Waals surface area contributed by atoms with Gasteiger partial charge in [-0.2, -0.15) is 0 Å². The molecule has 1 atom stereocenters. The third-order valence-electron chi connectivity index (χ3n) is 5.42. The van der Waals surface area contributed by atoms with Gasteiger partial charge in [0.25, 0.3) is 15.9 Å². The summed E-state index contributed by atoms with van der Waals surface area (Å²) in [6.07, 6.45) is 0.141. The Morgan fingerprint density at radius 1 is 1.15 bits per heavy atom. The summed E-state index contributed by atoms with van der Waals surface area (Å²) < 4.78 is 27.1. The van der Waals surface area contributed by atoms with Crippen LogP contribution in [0.5, 0.6) is 0 Å². The highest BCUT2D eigenvalue weighted by Gasteiger charge is 2.40. The Labute approximate surface area is 202 Å². The van der Waals surface area contributed by atoms with Crippen molar-refractivity contribution >= 4 is 43.7 Å². The molecule has 176 valence electrons. The lowest BCUT2D eigenvalue weighted by Crippen LogP contribution is -2.47. The number of carbonyl (C=O) groups excluding carboxylic acids is 3. The van der Waals surface area contributed by atoms with E-state index >= 15 is 0 Å². The molecule has 3 rings (SSSR count). The number of hydrogen-bond acceptors (Lipinski definition) is 5. The third kappa shape index (κ3) is 5.44. The van der Waals surface area contributed by atoms with E-state index in [1.165, 1.54) is 17.0 Å². The molecule has 10 heteroatoms. The number of sulfonamides is 1. The standard InChI is InChI=1S/C23H26BrN3O5S/c1-3-25-22(29)16(2)26(15-17-8-6-9-18(24)14-17)21(28)12-7-13-27-23(30)19-10-4-5-11-20(19)33(27,31)32/h4-6,8-11,14,16H,3,7,12-13,15H2,1-2H3,(H,25,29). The van der Waals surface area contributed by atoms with Gasteiger partial charge in [0.1, 0.15) is 10.9 Å². The van der Waals surface area contributed by atoms with E-state index in [1.807, 2.05) is 24.3 Å². The Bertz CT molecular complexity index is 1170. The van der Waals surface area contributed by atoms with Gasteiger partial charge in [0.05, 0.1) is 5.56 Å². The number of nitrogens with one attached hydrogen (secondary N) is 1. The molecule has 3 amide bonds. The fraction of sp³-hybridized carbons (Fsp3) is 0.348. The van der Waals surface area contributed by atoms with Gasteiger partial charge >= 0.3 is 0 Å². The Morgan fingerprint density at radius 3 is 2.55 bits per heavy atom. The van der Waals surface area contributed by atoms with Crippen LogP contribution in [-0.2, 0) is 26.2 Å². The van der Waals surface area contributed by atoms with E-state index in [-0.39, 0.29) is 48.2 Å². The maximum Gasteiger partial charge on any atom is 0.269 e. The zero-order chi connectivity index (χ0) is 24.2. The quantitative estimate of drug-likeness (QED) is 0.531. The van der Waals surface area contributed by atoms with Crippen molar-refractivity contribution in [2.24, 2.45) is 0 Å². The smallest absolute Gasteiger partial charge is 0.269 e. The van der Waals surface area contributed by atoms with Crippen LogP contribution < -0.4 is 5.32 Å². The van der Waals surface area contributed by atoms with Crippen molar-refractivity contribution in [3.63, 3.8) is 0 Å². The first-order valence-corrected chi connectivity index (χ1v) is 12.9. The van der Waals surface area contributed by atoms with Gasteiger partial charge in [-0.15, -0.1) is 0 Å². The minimum atomic E-state index is -3.91. The number of carbonyl (C=O) groups is 3. The first-order valence-electron chi connectivity index (χ1n) is 10.6. The van der Waals surface area contributed by atoms with Crippen molar-refractivity contribution in [1.29, 1.82) is 0 Å². The average Bonchev–Trinajstić information content (AvgIpc) is 2.98. The number of nitrogens with zero attached hydrogens (tertiary/aromatic N) is 2. The van der Waals surface area contributed by atoms with Crippen LogP contribution >= 0.6 is 15.9 Å². The van der Waals surface area contributed by atoms with Crippen LogP contribution in [0.4, 0.5) is 0 Å². The normalized spacial score (nSPS) is 15.1. The monoisotopic (exact) mass is 535 g/mol. The zero-order valence-corrected chi connectivity index (χ0v) is 20.9. The minimum absolute atomic E-state index is 0.00655. The molecule has 2 aromatic rings. The van der Waals surface area contributed by atoms with Gasteiger partial charge in [0.2, 0.25) is 11.8 Å². The molecule has 2 aromatic carbocycles. The van der Waals surface area contributed by atoms with Gasteiger partial charge in [-0.1, -0.05) is 40.2 Å². The maximum absolute atomic E-state index is 13.1. The molecule has 0 spiro atoms. The molecule has 0 saturated carbocycles. The molecule has 0 aromatic heterocycles. The molecule has 0 bridgehead atoms. The maximum atomic E-state index is 13.1. The fourth-order valence-corrected chi connectivity index (χ4v) is 5.76. The van der Waals surface area contributed by atoms with Crippen LogP contribution in [0.15, 0.2) is 57.9 Å². The molecular formula is C23H26BrN3O5S. The highest BCUT2D eigenvalue weighted by molar-refractivity contribution is 9.10. The van der Waals surface area contributed by atoms with Gasteiger partial charge in [-0.25, -0.2) is 12.7 Å². The summed E-state index contributed by atoms with van der Waals surface area (Å²) in [7, 11) is -3.91. The van der Waals surface area contributed by atoms with Gasteiger partial charge in [-0.05, 0) is 50.1 Å². The van der Waals surface area contributed by atoms with Crippen LogP contribution in [0.3, 0.4) is 0 Å². The molecule has 1 aliphatic heterocycles. The van der Waals surface area contributed by atoms with Crippen LogP contribution in [0.2, 0.25) is 0 Å². The average molecular weight is 536 g/mol. The number of fused-ring (bicyclic) bond motifs is 1. The lowest BCUT2D eigenvalue weighted by molar-refractivity contribution is -0.140.